The Kier molecular flexibility index (Phi) is 5.39. The Bertz CT molecular complexity index is 958. The van der Waals surface area contributed by atoms with Crippen LogP contribution in [0.5, 0.6) is 0 Å². The van der Waals surface area contributed by atoms with Crippen LogP contribution in [0.15, 0.2) is 36.7 Å². The van der Waals surface area contributed by atoms with Crippen molar-refractivity contribution in [1.29, 1.82) is 0 Å². The molecule has 3 aromatic rings. The molecule has 0 radical (unpaired) electrons. The second-order valence-corrected chi connectivity index (χ2v) is 7.59. The van der Waals surface area contributed by atoms with Crippen LogP contribution < -0.4 is 5.32 Å². The number of imidazole rings is 1. The maximum atomic E-state index is 12.5. The zero-order valence-electron chi connectivity index (χ0n) is 16.5. The Labute approximate surface area is 165 Å². The minimum atomic E-state index is 0.105. The van der Waals surface area contributed by atoms with E-state index in [0.717, 1.165) is 61.3 Å². The molecule has 6 heteroatoms. The van der Waals surface area contributed by atoms with Crippen molar-refractivity contribution in [2.75, 3.05) is 19.6 Å². The van der Waals surface area contributed by atoms with Crippen molar-refractivity contribution < 1.29 is 4.79 Å². The smallest absolute Gasteiger partial charge is 0.253 e. The average Bonchev–Trinajstić information content (AvgIpc) is 3.15. The third-order valence-corrected chi connectivity index (χ3v) is 5.73. The monoisotopic (exact) mass is 377 g/mol. The molecule has 28 heavy (non-hydrogen) atoms. The molecule has 1 aliphatic heterocycles. The van der Waals surface area contributed by atoms with Crippen LogP contribution in [0.1, 0.15) is 40.2 Å². The fourth-order valence-electron chi connectivity index (χ4n) is 3.84. The third kappa shape index (κ3) is 3.92. The Morgan fingerprint density at radius 3 is 2.68 bits per heavy atom. The molecule has 1 aromatic carbocycles. The van der Waals surface area contributed by atoms with Crippen LogP contribution in [0.4, 0.5) is 0 Å². The largest absolute Gasteiger partial charge is 0.342 e. The van der Waals surface area contributed by atoms with Crippen molar-refractivity contribution in [2.24, 2.45) is 0 Å². The molecule has 0 saturated carbocycles. The van der Waals surface area contributed by atoms with Gasteiger partial charge < -0.3 is 15.2 Å². The average molecular weight is 377 g/mol. The molecule has 0 unspecified atom stereocenters. The molecule has 1 aliphatic rings. The first-order chi connectivity index (χ1) is 13.6. The number of pyridine rings is 1. The van der Waals surface area contributed by atoms with Gasteiger partial charge in [-0.15, -0.1) is 0 Å². The van der Waals surface area contributed by atoms with Crippen LogP contribution >= 0.6 is 0 Å². The lowest BCUT2D eigenvalue weighted by Crippen LogP contribution is -2.45. The molecule has 146 valence electrons. The van der Waals surface area contributed by atoms with Gasteiger partial charge in [-0.2, -0.15) is 0 Å². The van der Waals surface area contributed by atoms with Crippen LogP contribution in [0.3, 0.4) is 0 Å². The van der Waals surface area contributed by atoms with Crippen molar-refractivity contribution in [3.63, 3.8) is 0 Å². The standard InChI is InChI=1S/C22H27N5O/c1-15-3-4-19-21(16(15)2)26-20(25-19)7-12-24-18-8-13-27(14-9-18)22(28)17-5-10-23-11-6-17/h3-6,10-11,18,24H,7-9,12-14H2,1-2H3,(H,25,26). The maximum Gasteiger partial charge on any atom is 0.253 e. The number of aryl methyl sites for hydroxylation is 2. The van der Waals surface area contributed by atoms with Gasteiger partial charge in [0.15, 0.2) is 0 Å². The van der Waals surface area contributed by atoms with Crippen molar-refractivity contribution in [3.05, 3.63) is 59.2 Å². The molecule has 1 amide bonds. The summed E-state index contributed by atoms with van der Waals surface area (Å²) in [4.78, 5) is 26.6. The van der Waals surface area contributed by atoms with Crippen molar-refractivity contribution in [2.45, 2.75) is 39.2 Å². The topological polar surface area (TPSA) is 73.9 Å². The zero-order valence-corrected chi connectivity index (χ0v) is 16.5. The highest BCUT2D eigenvalue weighted by Gasteiger charge is 2.23. The van der Waals surface area contributed by atoms with E-state index in [2.05, 4.69) is 41.3 Å². The molecule has 2 aromatic heterocycles. The highest BCUT2D eigenvalue weighted by atomic mass is 16.2. The van der Waals surface area contributed by atoms with Gasteiger partial charge in [0.05, 0.1) is 11.0 Å². The summed E-state index contributed by atoms with van der Waals surface area (Å²) in [6.07, 6.45) is 6.18. The highest BCUT2D eigenvalue weighted by molar-refractivity contribution is 5.94. The molecule has 0 spiro atoms. The molecule has 3 heterocycles. The second-order valence-electron chi connectivity index (χ2n) is 7.59. The number of benzene rings is 1. The van der Waals surface area contributed by atoms with E-state index in [-0.39, 0.29) is 5.91 Å². The van der Waals surface area contributed by atoms with Crippen LogP contribution in [0, 0.1) is 13.8 Å². The molecule has 1 fully saturated rings. The van der Waals surface area contributed by atoms with Gasteiger partial charge in [-0.25, -0.2) is 4.98 Å². The molecule has 0 bridgehead atoms. The lowest BCUT2D eigenvalue weighted by molar-refractivity contribution is 0.0705. The molecule has 0 atom stereocenters. The minimum absolute atomic E-state index is 0.105. The summed E-state index contributed by atoms with van der Waals surface area (Å²) < 4.78 is 0. The summed E-state index contributed by atoms with van der Waals surface area (Å²) in [6, 6.07) is 8.26. The number of nitrogens with zero attached hydrogens (tertiary/aromatic N) is 3. The van der Waals surface area contributed by atoms with Gasteiger partial charge in [-0.3, -0.25) is 9.78 Å². The van der Waals surface area contributed by atoms with Gasteiger partial charge in [0.25, 0.3) is 5.91 Å². The van der Waals surface area contributed by atoms with E-state index in [1.165, 1.54) is 11.1 Å². The quantitative estimate of drug-likeness (QED) is 0.717. The number of H-pyrrole nitrogens is 1. The first-order valence-corrected chi connectivity index (χ1v) is 9.99. The Hall–Kier alpha value is -2.73. The summed E-state index contributed by atoms with van der Waals surface area (Å²) in [5.41, 5.74) is 5.44. The Balaban J connectivity index is 1.26. The van der Waals surface area contributed by atoms with Gasteiger partial charge in [0.2, 0.25) is 0 Å². The minimum Gasteiger partial charge on any atom is -0.342 e. The third-order valence-electron chi connectivity index (χ3n) is 5.73. The van der Waals surface area contributed by atoms with Crippen LogP contribution in [0.2, 0.25) is 0 Å². The Morgan fingerprint density at radius 2 is 1.93 bits per heavy atom. The predicted octanol–water partition coefficient (Wildman–Crippen LogP) is 3.01. The molecular weight excluding hydrogens is 350 g/mol. The fourth-order valence-corrected chi connectivity index (χ4v) is 3.84. The number of fused-ring (bicyclic) bond motifs is 1. The predicted molar refractivity (Wildman–Crippen MR) is 110 cm³/mol. The summed E-state index contributed by atoms with van der Waals surface area (Å²) >= 11 is 0. The zero-order chi connectivity index (χ0) is 19.5. The number of hydrogen-bond donors (Lipinski definition) is 2. The Morgan fingerprint density at radius 1 is 1.18 bits per heavy atom. The number of likely N-dealkylation sites (tertiary alicyclic amines) is 1. The summed E-state index contributed by atoms with van der Waals surface area (Å²) in [6.45, 7) is 6.72. The number of amides is 1. The molecule has 4 rings (SSSR count). The summed E-state index contributed by atoms with van der Waals surface area (Å²) in [7, 11) is 0. The van der Waals surface area contributed by atoms with Gasteiger partial charge >= 0.3 is 0 Å². The number of carbonyl (C=O) groups excluding carboxylic acids is 1. The second kappa shape index (κ2) is 8.10. The van der Waals surface area contributed by atoms with E-state index in [0.29, 0.717) is 6.04 Å². The fraction of sp³-hybridized carbons (Fsp3) is 0.409. The van der Waals surface area contributed by atoms with Crippen molar-refractivity contribution in [1.82, 2.24) is 25.2 Å². The van der Waals surface area contributed by atoms with E-state index < -0.39 is 0 Å². The number of aromatic amines is 1. The van der Waals surface area contributed by atoms with Crippen LogP contribution in [0.25, 0.3) is 11.0 Å². The van der Waals surface area contributed by atoms with Gasteiger partial charge in [0, 0.05) is 50.1 Å². The van der Waals surface area contributed by atoms with E-state index in [1.807, 2.05) is 4.90 Å². The molecule has 1 saturated heterocycles. The lowest BCUT2D eigenvalue weighted by atomic mass is 10.0. The van der Waals surface area contributed by atoms with E-state index >= 15 is 0 Å². The molecule has 0 aliphatic carbocycles. The maximum absolute atomic E-state index is 12.5. The number of aromatic nitrogens is 3. The highest BCUT2D eigenvalue weighted by Crippen LogP contribution is 2.19. The summed E-state index contributed by atoms with van der Waals surface area (Å²) in [5, 5.41) is 3.63. The van der Waals surface area contributed by atoms with Crippen LogP contribution in [-0.4, -0.2) is 51.4 Å². The molecule has 2 N–H and O–H groups in total. The van der Waals surface area contributed by atoms with E-state index in [4.69, 9.17) is 4.98 Å². The number of rotatable bonds is 5. The number of hydrogen-bond acceptors (Lipinski definition) is 4. The van der Waals surface area contributed by atoms with Crippen LogP contribution in [-0.2, 0) is 6.42 Å². The first kappa shape index (κ1) is 18.6. The van der Waals surface area contributed by atoms with Gasteiger partial charge in [0.1, 0.15) is 5.82 Å². The van der Waals surface area contributed by atoms with E-state index in [9.17, 15) is 4.79 Å². The van der Waals surface area contributed by atoms with Gasteiger partial charge in [-0.1, -0.05) is 6.07 Å². The van der Waals surface area contributed by atoms with Crippen molar-refractivity contribution >= 4 is 16.9 Å². The lowest BCUT2D eigenvalue weighted by Gasteiger charge is -2.32. The number of carbonyl (C=O) groups is 1. The normalized spacial score (nSPS) is 15.3. The first-order valence-electron chi connectivity index (χ1n) is 9.99. The molecular formula is C22H27N5O. The van der Waals surface area contributed by atoms with E-state index in [1.54, 1.807) is 24.5 Å². The molecule has 6 nitrogen and oxygen atoms in total. The SMILES string of the molecule is Cc1ccc2[nH]c(CCNC3CCN(C(=O)c4ccncc4)CC3)nc2c1C. The van der Waals surface area contributed by atoms with Gasteiger partial charge in [-0.05, 0) is 56.0 Å². The number of piperidine rings is 1. The summed E-state index contributed by atoms with van der Waals surface area (Å²) in [5.74, 6) is 1.13. The number of nitrogens with one attached hydrogen (secondary N) is 2. The van der Waals surface area contributed by atoms with Crippen molar-refractivity contribution in [3.8, 4) is 0 Å².